The summed E-state index contributed by atoms with van der Waals surface area (Å²) in [5.41, 5.74) is 0.975. The number of thiazole rings is 1. The fraction of sp³-hybridized carbons (Fsp3) is 0.353. The standard InChI is InChI=1S/C17H19N5O2S/c1-10(14(23)19-16-18-13(9-25-16)17(2,3)4)22-15(24)11-7-5-6-8-12(11)20-21-22/h5-10H,1-4H3,(H,18,19,23). The molecule has 1 N–H and O–H groups in total. The van der Waals surface area contributed by atoms with E-state index < -0.39 is 6.04 Å². The first-order chi connectivity index (χ1) is 11.8. The second-order valence-corrected chi connectivity index (χ2v) is 7.67. The summed E-state index contributed by atoms with van der Waals surface area (Å²) >= 11 is 1.36. The lowest BCUT2D eigenvalue weighted by Crippen LogP contribution is -2.34. The Bertz CT molecular complexity index is 986. The third-order valence-corrected chi connectivity index (χ3v) is 4.60. The summed E-state index contributed by atoms with van der Waals surface area (Å²) in [6.45, 7) is 7.78. The van der Waals surface area contributed by atoms with Gasteiger partial charge in [-0.2, -0.15) is 4.68 Å². The van der Waals surface area contributed by atoms with Crippen LogP contribution in [-0.4, -0.2) is 25.9 Å². The molecular weight excluding hydrogens is 338 g/mol. The van der Waals surface area contributed by atoms with E-state index in [1.165, 1.54) is 11.3 Å². The van der Waals surface area contributed by atoms with Crippen LogP contribution >= 0.6 is 11.3 Å². The van der Waals surface area contributed by atoms with Crippen LogP contribution in [0.2, 0.25) is 0 Å². The van der Waals surface area contributed by atoms with Crippen molar-refractivity contribution in [1.29, 1.82) is 0 Å². The van der Waals surface area contributed by atoms with Crippen LogP contribution in [0, 0.1) is 0 Å². The molecule has 0 aliphatic heterocycles. The number of anilines is 1. The highest BCUT2D eigenvalue weighted by atomic mass is 32.1. The molecule has 0 bridgehead atoms. The number of nitrogens with one attached hydrogen (secondary N) is 1. The normalized spacial score (nSPS) is 13.0. The van der Waals surface area contributed by atoms with Gasteiger partial charge in [0, 0.05) is 10.8 Å². The van der Waals surface area contributed by atoms with Crippen LogP contribution in [0.25, 0.3) is 10.9 Å². The molecule has 0 spiro atoms. The van der Waals surface area contributed by atoms with Crippen LogP contribution in [-0.2, 0) is 10.2 Å². The Hall–Kier alpha value is -2.61. The third kappa shape index (κ3) is 3.43. The van der Waals surface area contributed by atoms with E-state index in [9.17, 15) is 9.59 Å². The van der Waals surface area contributed by atoms with Gasteiger partial charge in [0.25, 0.3) is 11.5 Å². The summed E-state index contributed by atoms with van der Waals surface area (Å²) in [7, 11) is 0. The van der Waals surface area contributed by atoms with Crippen molar-refractivity contribution in [2.24, 2.45) is 0 Å². The van der Waals surface area contributed by atoms with E-state index in [2.05, 4.69) is 41.4 Å². The average Bonchev–Trinajstić information content (AvgIpc) is 3.03. The zero-order valence-corrected chi connectivity index (χ0v) is 15.3. The van der Waals surface area contributed by atoms with Crippen LogP contribution in [0.3, 0.4) is 0 Å². The van der Waals surface area contributed by atoms with E-state index in [1.54, 1.807) is 31.2 Å². The lowest BCUT2D eigenvalue weighted by Gasteiger charge is -2.14. The van der Waals surface area contributed by atoms with Crippen LogP contribution in [0.15, 0.2) is 34.4 Å². The van der Waals surface area contributed by atoms with E-state index in [1.807, 2.05) is 5.38 Å². The van der Waals surface area contributed by atoms with Crippen molar-refractivity contribution in [1.82, 2.24) is 20.0 Å². The molecule has 0 saturated carbocycles. The average molecular weight is 357 g/mol. The molecule has 2 heterocycles. The summed E-state index contributed by atoms with van der Waals surface area (Å²) in [6, 6.07) is 6.12. The van der Waals surface area contributed by atoms with Gasteiger partial charge in [0.2, 0.25) is 0 Å². The summed E-state index contributed by atoms with van der Waals surface area (Å²) < 4.78 is 1.09. The van der Waals surface area contributed by atoms with Gasteiger partial charge in [-0.1, -0.05) is 38.1 Å². The van der Waals surface area contributed by atoms with Crippen LogP contribution in [0.5, 0.6) is 0 Å². The molecule has 1 aromatic carbocycles. The number of amides is 1. The van der Waals surface area contributed by atoms with Crippen molar-refractivity contribution >= 4 is 33.3 Å². The minimum atomic E-state index is -0.799. The van der Waals surface area contributed by atoms with Gasteiger partial charge in [0.1, 0.15) is 11.6 Å². The maximum atomic E-state index is 12.5. The van der Waals surface area contributed by atoms with Gasteiger partial charge in [-0.05, 0) is 19.1 Å². The highest BCUT2D eigenvalue weighted by Crippen LogP contribution is 2.26. The maximum Gasteiger partial charge on any atom is 0.278 e. The molecule has 0 fully saturated rings. The molecule has 1 unspecified atom stereocenters. The monoisotopic (exact) mass is 357 g/mol. The number of benzene rings is 1. The molecule has 7 nitrogen and oxygen atoms in total. The summed E-state index contributed by atoms with van der Waals surface area (Å²) in [5, 5.41) is 13.5. The Labute approximate surface area is 148 Å². The van der Waals surface area contributed by atoms with Crippen molar-refractivity contribution in [2.45, 2.75) is 39.2 Å². The van der Waals surface area contributed by atoms with E-state index in [-0.39, 0.29) is 16.9 Å². The Morgan fingerprint density at radius 3 is 2.68 bits per heavy atom. The maximum absolute atomic E-state index is 12.5. The SMILES string of the molecule is CC(C(=O)Nc1nc(C(C)(C)C)cs1)n1nnc2ccccc2c1=O. The lowest BCUT2D eigenvalue weighted by atomic mass is 9.93. The van der Waals surface area contributed by atoms with E-state index in [0.29, 0.717) is 16.0 Å². The van der Waals surface area contributed by atoms with Crippen LogP contribution in [0.1, 0.15) is 39.4 Å². The molecule has 2 aromatic heterocycles. The van der Waals surface area contributed by atoms with Crippen molar-refractivity contribution in [3.8, 4) is 0 Å². The van der Waals surface area contributed by atoms with Gasteiger partial charge in [0.15, 0.2) is 5.13 Å². The number of carbonyl (C=O) groups is 1. The number of fused-ring (bicyclic) bond motifs is 1. The van der Waals surface area contributed by atoms with Crippen molar-refractivity contribution in [3.05, 3.63) is 45.7 Å². The van der Waals surface area contributed by atoms with Gasteiger partial charge in [-0.25, -0.2) is 4.98 Å². The first-order valence-electron chi connectivity index (χ1n) is 7.88. The molecule has 3 rings (SSSR count). The fourth-order valence-electron chi connectivity index (χ4n) is 2.25. The minimum Gasteiger partial charge on any atom is -0.300 e. The smallest absolute Gasteiger partial charge is 0.278 e. The van der Waals surface area contributed by atoms with Gasteiger partial charge >= 0.3 is 0 Å². The van der Waals surface area contributed by atoms with E-state index >= 15 is 0 Å². The Balaban J connectivity index is 1.84. The van der Waals surface area contributed by atoms with Gasteiger partial charge < -0.3 is 5.32 Å². The number of carbonyl (C=O) groups excluding carboxylic acids is 1. The van der Waals surface area contributed by atoms with Crippen LogP contribution in [0.4, 0.5) is 5.13 Å². The predicted octanol–water partition coefficient (Wildman–Crippen LogP) is 2.75. The first kappa shape index (κ1) is 17.2. The third-order valence-electron chi connectivity index (χ3n) is 3.84. The largest absolute Gasteiger partial charge is 0.300 e. The highest BCUT2D eigenvalue weighted by Gasteiger charge is 2.22. The first-order valence-corrected chi connectivity index (χ1v) is 8.76. The van der Waals surface area contributed by atoms with Crippen molar-refractivity contribution in [2.75, 3.05) is 5.32 Å². The molecule has 25 heavy (non-hydrogen) atoms. The highest BCUT2D eigenvalue weighted by molar-refractivity contribution is 7.13. The molecule has 0 saturated heterocycles. The summed E-state index contributed by atoms with van der Waals surface area (Å²) in [4.78, 5) is 29.5. The quantitative estimate of drug-likeness (QED) is 0.778. The molecule has 0 aliphatic rings. The molecule has 0 radical (unpaired) electrons. The summed E-state index contributed by atoms with van der Waals surface area (Å²) in [6.07, 6.45) is 0. The number of aromatic nitrogens is 4. The molecule has 1 amide bonds. The molecule has 130 valence electrons. The van der Waals surface area contributed by atoms with Gasteiger partial charge in [-0.15, -0.1) is 16.4 Å². The zero-order valence-electron chi connectivity index (χ0n) is 14.5. The number of hydrogen-bond donors (Lipinski definition) is 1. The van der Waals surface area contributed by atoms with Crippen LogP contribution < -0.4 is 10.9 Å². The van der Waals surface area contributed by atoms with E-state index in [0.717, 1.165) is 10.4 Å². The lowest BCUT2D eigenvalue weighted by molar-refractivity contribution is -0.119. The molecule has 0 aliphatic carbocycles. The number of rotatable bonds is 3. The molecular formula is C17H19N5O2S. The van der Waals surface area contributed by atoms with Gasteiger partial charge in [-0.3, -0.25) is 9.59 Å². The molecule has 3 aromatic rings. The van der Waals surface area contributed by atoms with E-state index in [4.69, 9.17) is 0 Å². The number of nitrogens with zero attached hydrogens (tertiary/aromatic N) is 4. The zero-order chi connectivity index (χ0) is 18.2. The molecule has 1 atom stereocenters. The summed E-state index contributed by atoms with van der Waals surface area (Å²) in [5.74, 6) is -0.360. The minimum absolute atomic E-state index is 0.0914. The molecule has 8 heteroatoms. The topological polar surface area (TPSA) is 89.8 Å². The second-order valence-electron chi connectivity index (χ2n) is 6.81. The second kappa shape index (κ2) is 6.36. The number of hydrogen-bond acceptors (Lipinski definition) is 6. The van der Waals surface area contributed by atoms with Gasteiger partial charge in [0.05, 0.1) is 11.1 Å². The van der Waals surface area contributed by atoms with Crippen molar-refractivity contribution < 1.29 is 4.79 Å². The van der Waals surface area contributed by atoms with Crippen molar-refractivity contribution in [3.63, 3.8) is 0 Å². The fourth-order valence-corrected chi connectivity index (χ4v) is 3.19. The Morgan fingerprint density at radius 2 is 2.00 bits per heavy atom. The Kier molecular flexibility index (Phi) is 4.38. The predicted molar refractivity (Wildman–Crippen MR) is 98.0 cm³/mol. The Morgan fingerprint density at radius 1 is 1.28 bits per heavy atom.